The maximum atomic E-state index is 12.9. The summed E-state index contributed by atoms with van der Waals surface area (Å²) in [5.41, 5.74) is 0.124. The molecule has 3 heterocycles. The summed E-state index contributed by atoms with van der Waals surface area (Å²) in [5, 5.41) is 6.26. The van der Waals surface area contributed by atoms with Gasteiger partial charge in [-0.1, -0.05) is 0 Å². The topological polar surface area (TPSA) is 66.0 Å². The van der Waals surface area contributed by atoms with E-state index in [1.165, 1.54) is 0 Å². The summed E-state index contributed by atoms with van der Waals surface area (Å²) in [4.78, 5) is 15.0. The van der Waals surface area contributed by atoms with E-state index in [1.54, 1.807) is 6.07 Å². The molecule has 0 aliphatic carbocycles. The van der Waals surface area contributed by atoms with Crippen LogP contribution in [-0.4, -0.2) is 41.6 Å². The van der Waals surface area contributed by atoms with Gasteiger partial charge in [-0.25, -0.2) is 9.97 Å². The van der Waals surface area contributed by atoms with Gasteiger partial charge in [0.1, 0.15) is 11.6 Å². The third kappa shape index (κ3) is 4.85. The summed E-state index contributed by atoms with van der Waals surface area (Å²) in [6.45, 7) is 4.52. The average molecular weight is 380 g/mol. The van der Waals surface area contributed by atoms with Crippen LogP contribution in [0.4, 0.5) is 30.8 Å². The molecule has 1 fully saturated rings. The minimum absolute atomic E-state index is 0.0985. The van der Waals surface area contributed by atoms with Gasteiger partial charge in [-0.05, 0) is 38.4 Å². The molecule has 2 N–H and O–H groups in total. The molecule has 27 heavy (non-hydrogen) atoms. The molecule has 6 nitrogen and oxygen atoms in total. The van der Waals surface area contributed by atoms with E-state index in [0.29, 0.717) is 18.3 Å². The highest BCUT2D eigenvalue weighted by Gasteiger charge is 2.30. The highest BCUT2D eigenvalue weighted by atomic mass is 19.4. The number of halogens is 3. The molecule has 1 aliphatic heterocycles. The van der Waals surface area contributed by atoms with Crippen molar-refractivity contribution in [1.82, 2.24) is 20.3 Å². The van der Waals surface area contributed by atoms with Crippen molar-refractivity contribution < 1.29 is 13.2 Å². The van der Waals surface area contributed by atoms with Crippen molar-refractivity contribution in [2.45, 2.75) is 31.9 Å². The Morgan fingerprint density at radius 1 is 1.26 bits per heavy atom. The summed E-state index contributed by atoms with van der Waals surface area (Å²) < 4.78 is 38.8. The van der Waals surface area contributed by atoms with E-state index >= 15 is 0 Å². The normalized spacial score (nSPS) is 17.6. The molecule has 1 atom stereocenters. The fourth-order valence-electron chi connectivity index (χ4n) is 2.95. The fraction of sp³-hybridized carbons (Fsp3) is 0.500. The van der Waals surface area contributed by atoms with Crippen molar-refractivity contribution in [3.05, 3.63) is 35.7 Å². The van der Waals surface area contributed by atoms with Crippen LogP contribution in [0, 0.1) is 0 Å². The second-order valence-corrected chi connectivity index (χ2v) is 6.59. The Balaban J connectivity index is 1.92. The minimum Gasteiger partial charge on any atom is -0.344 e. The molecule has 0 radical (unpaired) electrons. The maximum absolute atomic E-state index is 12.9. The first-order valence-electron chi connectivity index (χ1n) is 8.98. The number of alkyl halides is 3. The van der Waals surface area contributed by atoms with E-state index in [4.69, 9.17) is 0 Å². The molecular formula is C18H23F3N6. The van der Waals surface area contributed by atoms with Crippen LogP contribution in [0.15, 0.2) is 24.4 Å². The molecule has 146 valence electrons. The van der Waals surface area contributed by atoms with Crippen LogP contribution in [-0.2, 0) is 6.18 Å². The zero-order valence-electron chi connectivity index (χ0n) is 15.3. The van der Waals surface area contributed by atoms with Gasteiger partial charge < -0.3 is 15.5 Å². The predicted molar refractivity (Wildman–Crippen MR) is 98.3 cm³/mol. The summed E-state index contributed by atoms with van der Waals surface area (Å²) >= 11 is 0. The van der Waals surface area contributed by atoms with Crippen molar-refractivity contribution >= 4 is 17.6 Å². The van der Waals surface area contributed by atoms with E-state index in [1.807, 2.05) is 18.9 Å². The quantitative estimate of drug-likeness (QED) is 0.827. The van der Waals surface area contributed by atoms with Crippen molar-refractivity contribution in [2.75, 3.05) is 36.9 Å². The van der Waals surface area contributed by atoms with Gasteiger partial charge in [-0.2, -0.15) is 18.2 Å². The van der Waals surface area contributed by atoms with Crippen molar-refractivity contribution in [2.24, 2.45) is 0 Å². The maximum Gasteiger partial charge on any atom is 0.416 e. The number of aromatic nitrogens is 3. The third-order valence-corrected chi connectivity index (χ3v) is 4.61. The predicted octanol–water partition coefficient (Wildman–Crippen LogP) is 3.56. The number of rotatable bonds is 5. The number of nitrogens with zero attached hydrogens (tertiary/aromatic N) is 4. The highest BCUT2D eigenvalue weighted by Crippen LogP contribution is 2.31. The molecule has 0 spiro atoms. The Labute approximate surface area is 156 Å². The van der Waals surface area contributed by atoms with E-state index in [-0.39, 0.29) is 11.7 Å². The van der Waals surface area contributed by atoms with Gasteiger partial charge in [-0.3, -0.25) is 0 Å². The zero-order chi connectivity index (χ0) is 19.4. The number of pyridine rings is 1. The number of hydrogen-bond acceptors (Lipinski definition) is 6. The van der Waals surface area contributed by atoms with Crippen LogP contribution < -0.4 is 15.5 Å². The van der Waals surface area contributed by atoms with E-state index < -0.39 is 11.7 Å². The van der Waals surface area contributed by atoms with Gasteiger partial charge in [-0.15, -0.1) is 0 Å². The molecule has 2 aromatic heterocycles. The largest absolute Gasteiger partial charge is 0.416 e. The lowest BCUT2D eigenvalue weighted by atomic mass is 9.96. The standard InChI is InChI=1S/C18H23F3N6/c1-3-27(2)17-24-14(12-5-4-7-22-11-12)10-16(26-17)25-15-9-13(6-8-23-15)18(19,20)21/h6,8-10,12,22H,3-5,7,11H2,1-2H3,(H,23,24,25,26). The third-order valence-electron chi connectivity index (χ3n) is 4.61. The zero-order valence-corrected chi connectivity index (χ0v) is 15.3. The van der Waals surface area contributed by atoms with Crippen LogP contribution in [0.5, 0.6) is 0 Å². The van der Waals surface area contributed by atoms with Crippen LogP contribution in [0.3, 0.4) is 0 Å². The first kappa shape index (κ1) is 19.3. The molecule has 0 aromatic carbocycles. The fourth-order valence-corrected chi connectivity index (χ4v) is 2.95. The smallest absolute Gasteiger partial charge is 0.344 e. The lowest BCUT2D eigenvalue weighted by Crippen LogP contribution is -2.29. The SMILES string of the molecule is CCN(C)c1nc(Nc2cc(C(F)(F)F)ccn2)cc(C2CCCNC2)n1. The lowest BCUT2D eigenvalue weighted by Gasteiger charge is -2.24. The summed E-state index contributed by atoms with van der Waals surface area (Å²) in [7, 11) is 1.88. The first-order chi connectivity index (χ1) is 12.9. The van der Waals surface area contributed by atoms with Gasteiger partial charge >= 0.3 is 6.18 Å². The van der Waals surface area contributed by atoms with Crippen LogP contribution in [0.2, 0.25) is 0 Å². The average Bonchev–Trinajstić information content (AvgIpc) is 2.67. The number of anilines is 3. The van der Waals surface area contributed by atoms with E-state index in [0.717, 1.165) is 50.0 Å². The van der Waals surface area contributed by atoms with Crippen molar-refractivity contribution in [3.63, 3.8) is 0 Å². The minimum atomic E-state index is -4.42. The summed E-state index contributed by atoms with van der Waals surface area (Å²) in [6.07, 6.45) is -1.21. The van der Waals surface area contributed by atoms with E-state index in [9.17, 15) is 13.2 Å². The molecule has 1 unspecified atom stereocenters. The van der Waals surface area contributed by atoms with Crippen molar-refractivity contribution in [1.29, 1.82) is 0 Å². The molecule has 0 bridgehead atoms. The van der Waals surface area contributed by atoms with Gasteiger partial charge in [0.15, 0.2) is 0 Å². The molecule has 1 saturated heterocycles. The molecular weight excluding hydrogens is 357 g/mol. The van der Waals surface area contributed by atoms with Crippen LogP contribution >= 0.6 is 0 Å². The van der Waals surface area contributed by atoms with Gasteiger partial charge in [0.05, 0.1) is 11.3 Å². The van der Waals surface area contributed by atoms with Crippen LogP contribution in [0.25, 0.3) is 0 Å². The highest BCUT2D eigenvalue weighted by molar-refractivity contribution is 5.55. The molecule has 0 amide bonds. The second kappa shape index (κ2) is 8.08. The molecule has 3 rings (SSSR count). The Morgan fingerprint density at radius 2 is 2.07 bits per heavy atom. The van der Waals surface area contributed by atoms with Gasteiger partial charge in [0.25, 0.3) is 0 Å². The van der Waals surface area contributed by atoms with Crippen molar-refractivity contribution in [3.8, 4) is 0 Å². The Morgan fingerprint density at radius 3 is 2.74 bits per heavy atom. The molecule has 1 aliphatic rings. The lowest BCUT2D eigenvalue weighted by molar-refractivity contribution is -0.137. The summed E-state index contributed by atoms with van der Waals surface area (Å²) in [5.74, 6) is 1.32. The second-order valence-electron chi connectivity index (χ2n) is 6.59. The molecule has 0 saturated carbocycles. The number of piperidine rings is 1. The Bertz CT molecular complexity index is 774. The Hall–Kier alpha value is -2.42. The Kier molecular flexibility index (Phi) is 5.79. The van der Waals surface area contributed by atoms with Gasteiger partial charge in [0.2, 0.25) is 5.95 Å². The first-order valence-corrected chi connectivity index (χ1v) is 8.98. The molecule has 9 heteroatoms. The van der Waals surface area contributed by atoms with E-state index in [2.05, 4.69) is 25.6 Å². The summed E-state index contributed by atoms with van der Waals surface area (Å²) in [6, 6.07) is 3.72. The number of hydrogen-bond donors (Lipinski definition) is 2. The van der Waals surface area contributed by atoms with Crippen LogP contribution in [0.1, 0.15) is 36.9 Å². The molecule has 2 aromatic rings. The number of nitrogens with one attached hydrogen (secondary N) is 2. The monoisotopic (exact) mass is 380 g/mol. The van der Waals surface area contributed by atoms with Gasteiger partial charge in [0, 0.05) is 38.3 Å².